The number of imidazole rings is 1. The van der Waals surface area contributed by atoms with Crippen LogP contribution in [0.5, 0.6) is 11.5 Å². The molecule has 1 aromatic carbocycles. The predicted octanol–water partition coefficient (Wildman–Crippen LogP) is 3.51. The Morgan fingerprint density at radius 2 is 2.11 bits per heavy atom. The van der Waals surface area contributed by atoms with E-state index < -0.39 is 0 Å². The second-order valence-corrected chi connectivity index (χ2v) is 4.83. The van der Waals surface area contributed by atoms with Crippen molar-refractivity contribution in [2.75, 3.05) is 13.7 Å². The van der Waals surface area contributed by atoms with Gasteiger partial charge in [-0.3, -0.25) is 0 Å². The Labute approximate surface area is 113 Å². The molecule has 0 amide bonds. The van der Waals surface area contributed by atoms with E-state index in [1.165, 1.54) is 0 Å². The van der Waals surface area contributed by atoms with E-state index in [-0.39, 0.29) is 0 Å². The van der Waals surface area contributed by atoms with Crippen molar-refractivity contribution in [3.05, 3.63) is 30.6 Å². The van der Waals surface area contributed by atoms with Gasteiger partial charge in [-0.15, -0.1) is 0 Å². The number of aromatic amines is 1. The molecule has 4 nitrogen and oxygen atoms in total. The van der Waals surface area contributed by atoms with Crippen molar-refractivity contribution in [1.29, 1.82) is 0 Å². The molecule has 0 saturated heterocycles. The third-order valence-corrected chi connectivity index (χ3v) is 2.89. The van der Waals surface area contributed by atoms with Crippen LogP contribution in [0.1, 0.15) is 20.3 Å². The van der Waals surface area contributed by atoms with E-state index in [1.807, 2.05) is 18.2 Å². The highest BCUT2D eigenvalue weighted by atomic mass is 16.5. The lowest BCUT2D eigenvalue weighted by Gasteiger charge is -2.12. The molecule has 4 heteroatoms. The monoisotopic (exact) mass is 260 g/mol. The zero-order valence-corrected chi connectivity index (χ0v) is 11.6. The van der Waals surface area contributed by atoms with Gasteiger partial charge in [0.05, 0.1) is 13.7 Å². The normalized spacial score (nSPS) is 10.7. The van der Waals surface area contributed by atoms with Gasteiger partial charge >= 0.3 is 0 Å². The molecule has 1 aromatic heterocycles. The van der Waals surface area contributed by atoms with Gasteiger partial charge in [-0.1, -0.05) is 13.8 Å². The molecule has 2 aromatic rings. The Morgan fingerprint density at radius 1 is 1.26 bits per heavy atom. The van der Waals surface area contributed by atoms with Gasteiger partial charge in [0.1, 0.15) is 5.82 Å². The molecular formula is C15H20N2O2. The van der Waals surface area contributed by atoms with E-state index in [9.17, 15) is 0 Å². The van der Waals surface area contributed by atoms with Crippen molar-refractivity contribution in [3.63, 3.8) is 0 Å². The fourth-order valence-corrected chi connectivity index (χ4v) is 1.76. The Kier molecular flexibility index (Phi) is 4.44. The van der Waals surface area contributed by atoms with E-state index in [2.05, 4.69) is 23.8 Å². The summed E-state index contributed by atoms with van der Waals surface area (Å²) in [5.41, 5.74) is 0.984. The summed E-state index contributed by atoms with van der Waals surface area (Å²) in [4.78, 5) is 7.30. The number of rotatable bonds is 6. The molecule has 0 aliphatic rings. The molecule has 1 N–H and O–H groups in total. The van der Waals surface area contributed by atoms with E-state index in [4.69, 9.17) is 9.47 Å². The average Bonchev–Trinajstić information content (AvgIpc) is 2.92. The molecule has 0 atom stereocenters. The van der Waals surface area contributed by atoms with E-state index >= 15 is 0 Å². The van der Waals surface area contributed by atoms with Crippen molar-refractivity contribution in [1.82, 2.24) is 9.97 Å². The van der Waals surface area contributed by atoms with Crippen LogP contribution in [0.3, 0.4) is 0 Å². The lowest BCUT2D eigenvalue weighted by atomic mass is 10.1. The van der Waals surface area contributed by atoms with Crippen LogP contribution >= 0.6 is 0 Å². The molecule has 19 heavy (non-hydrogen) atoms. The highest BCUT2D eigenvalue weighted by molar-refractivity contribution is 5.60. The number of benzene rings is 1. The van der Waals surface area contributed by atoms with Crippen LogP contribution in [0, 0.1) is 5.92 Å². The number of nitrogens with zero attached hydrogens (tertiary/aromatic N) is 1. The second kappa shape index (κ2) is 6.27. The van der Waals surface area contributed by atoms with Crippen molar-refractivity contribution in [3.8, 4) is 22.9 Å². The van der Waals surface area contributed by atoms with Crippen molar-refractivity contribution in [2.45, 2.75) is 20.3 Å². The summed E-state index contributed by atoms with van der Waals surface area (Å²) in [5, 5.41) is 0. The summed E-state index contributed by atoms with van der Waals surface area (Å²) < 4.78 is 11.1. The van der Waals surface area contributed by atoms with Gasteiger partial charge in [-0.05, 0) is 30.5 Å². The highest BCUT2D eigenvalue weighted by Crippen LogP contribution is 2.31. The first-order valence-corrected chi connectivity index (χ1v) is 6.51. The Balaban J connectivity index is 2.12. The first-order chi connectivity index (χ1) is 9.20. The number of hydrogen-bond donors (Lipinski definition) is 1. The van der Waals surface area contributed by atoms with Crippen LogP contribution in [0.25, 0.3) is 11.4 Å². The number of nitrogens with one attached hydrogen (secondary N) is 1. The van der Waals surface area contributed by atoms with Crippen LogP contribution < -0.4 is 9.47 Å². The first-order valence-electron chi connectivity index (χ1n) is 6.51. The molecule has 0 aliphatic heterocycles. The van der Waals surface area contributed by atoms with Crippen molar-refractivity contribution < 1.29 is 9.47 Å². The number of methoxy groups -OCH3 is 1. The molecule has 0 fully saturated rings. The van der Waals surface area contributed by atoms with Gasteiger partial charge in [0, 0.05) is 18.0 Å². The minimum atomic E-state index is 0.633. The van der Waals surface area contributed by atoms with E-state index in [1.54, 1.807) is 19.5 Å². The van der Waals surface area contributed by atoms with Gasteiger partial charge < -0.3 is 14.5 Å². The summed E-state index contributed by atoms with van der Waals surface area (Å²) in [6, 6.07) is 5.84. The molecule has 102 valence electrons. The largest absolute Gasteiger partial charge is 0.493 e. The van der Waals surface area contributed by atoms with Crippen molar-refractivity contribution in [2.24, 2.45) is 5.92 Å². The quantitative estimate of drug-likeness (QED) is 0.864. The maximum Gasteiger partial charge on any atom is 0.161 e. The Bertz CT molecular complexity index is 507. The molecule has 0 bridgehead atoms. The zero-order chi connectivity index (χ0) is 13.7. The molecule has 2 rings (SSSR count). The van der Waals surface area contributed by atoms with Gasteiger partial charge in [0.25, 0.3) is 0 Å². The van der Waals surface area contributed by atoms with Crippen LogP contribution in [0.2, 0.25) is 0 Å². The molecule has 0 spiro atoms. The molecule has 0 unspecified atom stereocenters. The summed E-state index contributed by atoms with van der Waals surface area (Å²) in [7, 11) is 1.65. The van der Waals surface area contributed by atoms with Crippen molar-refractivity contribution >= 4 is 0 Å². The zero-order valence-electron chi connectivity index (χ0n) is 11.6. The molecule has 0 saturated carbocycles. The lowest BCUT2D eigenvalue weighted by molar-refractivity contribution is 0.273. The smallest absolute Gasteiger partial charge is 0.161 e. The molecular weight excluding hydrogens is 240 g/mol. The fraction of sp³-hybridized carbons (Fsp3) is 0.400. The Hall–Kier alpha value is -1.97. The topological polar surface area (TPSA) is 47.1 Å². The van der Waals surface area contributed by atoms with Gasteiger partial charge in [0.15, 0.2) is 11.5 Å². The molecule has 0 radical (unpaired) electrons. The minimum Gasteiger partial charge on any atom is -0.493 e. The maximum absolute atomic E-state index is 5.76. The van der Waals surface area contributed by atoms with E-state index in [0.29, 0.717) is 12.5 Å². The molecule has 0 aliphatic carbocycles. The second-order valence-electron chi connectivity index (χ2n) is 4.83. The summed E-state index contributed by atoms with van der Waals surface area (Å²) in [6.45, 7) is 5.06. The number of aromatic nitrogens is 2. The number of ether oxygens (including phenoxy) is 2. The number of hydrogen-bond acceptors (Lipinski definition) is 3. The fourth-order valence-electron chi connectivity index (χ4n) is 1.76. The van der Waals surface area contributed by atoms with Gasteiger partial charge in [-0.25, -0.2) is 4.98 Å². The average molecular weight is 260 g/mol. The minimum absolute atomic E-state index is 0.633. The van der Waals surface area contributed by atoms with Gasteiger partial charge in [0.2, 0.25) is 0 Å². The summed E-state index contributed by atoms with van der Waals surface area (Å²) in [5.74, 6) is 2.97. The van der Waals surface area contributed by atoms with Crippen LogP contribution in [-0.2, 0) is 0 Å². The summed E-state index contributed by atoms with van der Waals surface area (Å²) >= 11 is 0. The van der Waals surface area contributed by atoms with Crippen LogP contribution in [0.15, 0.2) is 30.6 Å². The SMILES string of the molecule is COc1cc(-c2ncc[nH]2)ccc1OCCC(C)C. The lowest BCUT2D eigenvalue weighted by Crippen LogP contribution is -2.02. The van der Waals surface area contributed by atoms with E-state index in [0.717, 1.165) is 29.3 Å². The molecule has 1 heterocycles. The maximum atomic E-state index is 5.76. The highest BCUT2D eigenvalue weighted by Gasteiger charge is 2.08. The standard InChI is InChI=1S/C15H20N2O2/c1-11(2)6-9-19-13-5-4-12(10-14(13)18-3)15-16-7-8-17-15/h4-5,7-8,10-11H,6,9H2,1-3H3,(H,16,17). The first kappa shape index (κ1) is 13.5. The van der Waals surface area contributed by atoms with Gasteiger partial charge in [-0.2, -0.15) is 0 Å². The third kappa shape index (κ3) is 3.50. The summed E-state index contributed by atoms with van der Waals surface area (Å²) in [6.07, 6.45) is 4.56. The van der Waals surface area contributed by atoms with Crippen LogP contribution in [0.4, 0.5) is 0 Å². The van der Waals surface area contributed by atoms with Crippen LogP contribution in [-0.4, -0.2) is 23.7 Å². The third-order valence-electron chi connectivity index (χ3n) is 2.89. The Morgan fingerprint density at radius 3 is 2.74 bits per heavy atom. The predicted molar refractivity (Wildman–Crippen MR) is 75.5 cm³/mol. The number of H-pyrrole nitrogens is 1.